The van der Waals surface area contributed by atoms with Gasteiger partial charge in [0.15, 0.2) is 0 Å². The van der Waals surface area contributed by atoms with Crippen LogP contribution in [0.5, 0.6) is 0 Å². The summed E-state index contributed by atoms with van der Waals surface area (Å²) in [5.74, 6) is -0.829. The first kappa shape index (κ1) is 15.4. The van der Waals surface area contributed by atoms with E-state index in [0.717, 1.165) is 6.42 Å². The van der Waals surface area contributed by atoms with Crippen molar-refractivity contribution in [1.29, 1.82) is 0 Å². The molecule has 5 heteroatoms. The third-order valence-electron chi connectivity index (χ3n) is 0.994. The fraction of sp³-hybridized carbons (Fsp3) is 0.778. The van der Waals surface area contributed by atoms with Crippen molar-refractivity contribution in [3.05, 3.63) is 0 Å². The van der Waals surface area contributed by atoms with Crippen LogP contribution >= 0.6 is 0 Å². The van der Waals surface area contributed by atoms with Crippen LogP contribution in [0.25, 0.3) is 0 Å². The van der Waals surface area contributed by atoms with Gasteiger partial charge in [-0.25, -0.2) is 0 Å². The standard InChI is InChI=1S/C6H10O4.C3H8O/c1-3-6(8)10-4-9-5(2)7;1-2-3-4/h3-4H2,1-2H3;4H,2-3H2,1H3. The van der Waals surface area contributed by atoms with E-state index >= 15 is 0 Å². The largest absolute Gasteiger partial charge is 0.428 e. The van der Waals surface area contributed by atoms with Crippen LogP contribution in [0.1, 0.15) is 33.6 Å². The Labute approximate surface area is 84.0 Å². The Morgan fingerprint density at radius 1 is 1.21 bits per heavy atom. The predicted molar refractivity (Wildman–Crippen MR) is 50.4 cm³/mol. The lowest BCUT2D eigenvalue weighted by atomic mass is 10.5. The van der Waals surface area contributed by atoms with Crippen LogP contribution in [0.3, 0.4) is 0 Å². The molecule has 14 heavy (non-hydrogen) atoms. The molecular weight excluding hydrogens is 188 g/mol. The van der Waals surface area contributed by atoms with Crippen LogP contribution in [0, 0.1) is 0 Å². The van der Waals surface area contributed by atoms with E-state index in [1.807, 2.05) is 6.92 Å². The molecule has 0 aromatic rings. The van der Waals surface area contributed by atoms with Gasteiger partial charge in [0.25, 0.3) is 0 Å². The van der Waals surface area contributed by atoms with Crippen LogP contribution in [-0.4, -0.2) is 30.4 Å². The zero-order chi connectivity index (χ0) is 11.4. The summed E-state index contributed by atoms with van der Waals surface area (Å²) in [7, 11) is 0. The number of aliphatic hydroxyl groups is 1. The molecular formula is C9H18O5. The van der Waals surface area contributed by atoms with E-state index in [-0.39, 0.29) is 12.8 Å². The van der Waals surface area contributed by atoms with Gasteiger partial charge in [0.2, 0.25) is 6.79 Å². The Balaban J connectivity index is 0. The Morgan fingerprint density at radius 3 is 2.00 bits per heavy atom. The normalized spacial score (nSPS) is 8.29. The van der Waals surface area contributed by atoms with Crippen molar-refractivity contribution in [2.24, 2.45) is 0 Å². The molecule has 0 bridgehead atoms. The van der Waals surface area contributed by atoms with Crippen LogP contribution < -0.4 is 0 Å². The lowest BCUT2D eigenvalue weighted by molar-refractivity contribution is -0.165. The van der Waals surface area contributed by atoms with Crippen molar-refractivity contribution in [1.82, 2.24) is 0 Å². The van der Waals surface area contributed by atoms with Crippen molar-refractivity contribution in [3.63, 3.8) is 0 Å². The summed E-state index contributed by atoms with van der Waals surface area (Å²) in [4.78, 5) is 20.5. The predicted octanol–water partition coefficient (Wildman–Crippen LogP) is 0.849. The molecule has 0 aromatic heterocycles. The van der Waals surface area contributed by atoms with E-state index in [1.165, 1.54) is 6.92 Å². The van der Waals surface area contributed by atoms with Gasteiger partial charge in [0.05, 0.1) is 0 Å². The van der Waals surface area contributed by atoms with Gasteiger partial charge in [-0.15, -0.1) is 0 Å². The van der Waals surface area contributed by atoms with Crippen molar-refractivity contribution in [2.45, 2.75) is 33.6 Å². The molecule has 0 heterocycles. The highest BCUT2D eigenvalue weighted by molar-refractivity contribution is 5.69. The fourth-order valence-corrected chi connectivity index (χ4v) is 0.280. The number of aliphatic hydroxyl groups excluding tert-OH is 1. The summed E-state index contributed by atoms with van der Waals surface area (Å²) in [5, 5.41) is 7.88. The molecule has 84 valence electrons. The summed E-state index contributed by atoms with van der Waals surface area (Å²) in [6.07, 6.45) is 1.17. The lowest BCUT2D eigenvalue weighted by Crippen LogP contribution is -2.09. The fourth-order valence-electron chi connectivity index (χ4n) is 0.280. The van der Waals surface area contributed by atoms with Crippen LogP contribution in [-0.2, 0) is 19.1 Å². The number of carbonyl (C=O) groups excluding carboxylic acids is 2. The number of hydrogen-bond donors (Lipinski definition) is 1. The molecule has 0 fully saturated rings. The average Bonchev–Trinajstić information content (AvgIpc) is 2.17. The van der Waals surface area contributed by atoms with Crippen molar-refractivity contribution < 1.29 is 24.2 Å². The Hall–Kier alpha value is -1.10. The maximum atomic E-state index is 10.4. The summed E-state index contributed by atoms with van der Waals surface area (Å²) >= 11 is 0. The van der Waals surface area contributed by atoms with E-state index in [1.54, 1.807) is 6.92 Å². The third kappa shape index (κ3) is 17.1. The summed E-state index contributed by atoms with van der Waals surface area (Å²) in [5.41, 5.74) is 0. The zero-order valence-electron chi connectivity index (χ0n) is 8.91. The minimum Gasteiger partial charge on any atom is -0.428 e. The summed E-state index contributed by atoms with van der Waals surface area (Å²) in [6, 6.07) is 0. The molecule has 0 aliphatic rings. The van der Waals surface area contributed by atoms with Gasteiger partial charge in [-0.1, -0.05) is 13.8 Å². The number of ether oxygens (including phenoxy) is 2. The zero-order valence-corrected chi connectivity index (χ0v) is 8.91. The first-order valence-corrected chi connectivity index (χ1v) is 4.48. The summed E-state index contributed by atoms with van der Waals surface area (Å²) < 4.78 is 8.75. The molecule has 0 rings (SSSR count). The molecule has 0 atom stereocenters. The van der Waals surface area contributed by atoms with Gasteiger partial charge in [0.1, 0.15) is 0 Å². The van der Waals surface area contributed by atoms with Gasteiger partial charge in [-0.2, -0.15) is 0 Å². The van der Waals surface area contributed by atoms with Crippen LogP contribution in [0.2, 0.25) is 0 Å². The number of esters is 2. The quantitative estimate of drug-likeness (QED) is 0.545. The second-order valence-electron chi connectivity index (χ2n) is 2.35. The molecule has 0 unspecified atom stereocenters. The van der Waals surface area contributed by atoms with Gasteiger partial charge < -0.3 is 14.6 Å². The van der Waals surface area contributed by atoms with Crippen molar-refractivity contribution >= 4 is 11.9 Å². The van der Waals surface area contributed by atoms with Gasteiger partial charge in [-0.3, -0.25) is 9.59 Å². The molecule has 0 aliphatic carbocycles. The van der Waals surface area contributed by atoms with Crippen LogP contribution in [0.4, 0.5) is 0 Å². The molecule has 0 saturated carbocycles. The van der Waals surface area contributed by atoms with E-state index in [0.29, 0.717) is 13.0 Å². The molecule has 0 aliphatic heterocycles. The lowest BCUT2D eigenvalue weighted by Gasteiger charge is -2.01. The number of rotatable bonds is 4. The van der Waals surface area contributed by atoms with E-state index in [4.69, 9.17) is 5.11 Å². The highest BCUT2D eigenvalue weighted by atomic mass is 16.7. The molecule has 0 spiro atoms. The van der Waals surface area contributed by atoms with Crippen molar-refractivity contribution in [2.75, 3.05) is 13.4 Å². The van der Waals surface area contributed by atoms with Gasteiger partial charge in [0, 0.05) is 20.0 Å². The van der Waals surface area contributed by atoms with Gasteiger partial charge in [-0.05, 0) is 6.42 Å². The molecule has 1 N–H and O–H groups in total. The first-order chi connectivity index (χ1) is 6.58. The Bertz CT molecular complexity index is 153. The van der Waals surface area contributed by atoms with E-state index in [9.17, 15) is 9.59 Å². The Morgan fingerprint density at radius 2 is 1.71 bits per heavy atom. The number of carbonyl (C=O) groups is 2. The van der Waals surface area contributed by atoms with Gasteiger partial charge >= 0.3 is 11.9 Å². The number of hydrogen-bond acceptors (Lipinski definition) is 5. The highest BCUT2D eigenvalue weighted by Crippen LogP contribution is 1.84. The van der Waals surface area contributed by atoms with E-state index in [2.05, 4.69) is 9.47 Å². The van der Waals surface area contributed by atoms with Crippen LogP contribution in [0.15, 0.2) is 0 Å². The summed E-state index contributed by atoms with van der Waals surface area (Å²) in [6.45, 7) is 4.89. The minimum absolute atomic E-state index is 0.276. The second-order valence-corrected chi connectivity index (χ2v) is 2.35. The molecule has 0 amide bonds. The van der Waals surface area contributed by atoms with E-state index < -0.39 is 5.97 Å². The smallest absolute Gasteiger partial charge is 0.308 e. The monoisotopic (exact) mass is 206 g/mol. The molecule has 0 radical (unpaired) electrons. The third-order valence-corrected chi connectivity index (χ3v) is 0.994. The SMILES string of the molecule is CCC(=O)OCOC(C)=O.CCCO. The topological polar surface area (TPSA) is 72.8 Å². The average molecular weight is 206 g/mol. The second kappa shape index (κ2) is 11.9. The highest BCUT2D eigenvalue weighted by Gasteiger charge is 1.97. The first-order valence-electron chi connectivity index (χ1n) is 4.48. The Kier molecular flexibility index (Phi) is 13.1. The molecule has 5 nitrogen and oxygen atoms in total. The minimum atomic E-state index is -0.455. The molecule has 0 aromatic carbocycles. The maximum absolute atomic E-state index is 10.4. The molecule has 0 saturated heterocycles. The van der Waals surface area contributed by atoms with Crippen molar-refractivity contribution in [3.8, 4) is 0 Å². The maximum Gasteiger partial charge on any atom is 0.308 e.